The van der Waals surface area contributed by atoms with E-state index in [0.717, 1.165) is 34.9 Å². The number of aromatic hydroxyl groups is 1. The molecule has 8 nitrogen and oxygen atoms in total. The Morgan fingerprint density at radius 2 is 1.70 bits per heavy atom. The highest BCUT2D eigenvalue weighted by atomic mass is 16.5. The highest BCUT2D eigenvalue weighted by Crippen LogP contribution is 2.68. The van der Waals surface area contributed by atoms with Crippen molar-refractivity contribution in [3.05, 3.63) is 46.5 Å². The molecule has 2 aromatic rings. The Kier molecular flexibility index (Phi) is 6.28. The smallest absolute Gasteiger partial charge is 0.190 e. The number of rotatable bonds is 4. The molecule has 0 aromatic heterocycles. The van der Waals surface area contributed by atoms with Gasteiger partial charge in [-0.3, -0.25) is 24.0 Å². The number of ketones is 5. The molecule has 2 N–H and O–H groups in total. The van der Waals surface area contributed by atoms with Crippen molar-refractivity contribution in [1.29, 1.82) is 0 Å². The Morgan fingerprint density at radius 3 is 2.28 bits per heavy atom. The number of aliphatic hydroxyl groups is 1. The molecule has 4 unspecified atom stereocenters. The summed E-state index contributed by atoms with van der Waals surface area (Å²) >= 11 is 0. The number of hydrogen-bond donors (Lipinski definition) is 2. The summed E-state index contributed by atoms with van der Waals surface area (Å²) in [6, 6.07) is 7.10. The van der Waals surface area contributed by atoms with E-state index in [0.29, 0.717) is 18.4 Å². The van der Waals surface area contributed by atoms with Gasteiger partial charge in [-0.05, 0) is 83.4 Å². The predicted molar refractivity (Wildman–Crippen MR) is 157 cm³/mol. The Hall–Kier alpha value is -3.65. The molecule has 6 rings (SSSR count). The van der Waals surface area contributed by atoms with E-state index in [2.05, 4.69) is 0 Å². The molecule has 43 heavy (non-hydrogen) atoms. The van der Waals surface area contributed by atoms with Crippen LogP contribution in [0.15, 0.2) is 24.3 Å². The Balaban J connectivity index is 1.66. The quantitative estimate of drug-likeness (QED) is 0.503. The standard InChI is InChI=1S/C35H38O8/c1-8-17-20-13-21-25-19(18(20)10-12-23(17)43-7)9-11-22(37)26(25)30(39)28-32(41)35(42)31(40)24(16(4)36)29(38)27(15(2)3)34(35,6)14-33(21,28)5/h9-12,15,21,24,27-28,37,42H,8,13-14H2,1-7H3/t21?,24?,27?,28?,33-,34+,35-/m0/s1. The molecule has 0 heterocycles. The van der Waals surface area contributed by atoms with Crippen LogP contribution in [0.3, 0.4) is 0 Å². The number of methoxy groups -OCH3 is 1. The predicted octanol–water partition coefficient (Wildman–Crippen LogP) is 4.43. The zero-order valence-electron chi connectivity index (χ0n) is 25.7. The van der Waals surface area contributed by atoms with E-state index in [1.54, 1.807) is 33.9 Å². The molecule has 7 atom stereocenters. The number of carbonyl (C=O) groups excluding carboxylic acids is 5. The van der Waals surface area contributed by atoms with Crippen LogP contribution in [0.5, 0.6) is 11.5 Å². The summed E-state index contributed by atoms with van der Waals surface area (Å²) in [6.07, 6.45) is 1.13. The number of Topliss-reactive ketones (excluding diaryl/α,β-unsaturated/α-hetero) is 5. The van der Waals surface area contributed by atoms with Gasteiger partial charge in [0.05, 0.1) is 18.6 Å². The highest BCUT2D eigenvalue weighted by molar-refractivity contribution is 6.32. The lowest BCUT2D eigenvalue weighted by Gasteiger charge is -2.64. The third-order valence-corrected chi connectivity index (χ3v) is 11.4. The van der Waals surface area contributed by atoms with Crippen LogP contribution in [0, 0.1) is 34.5 Å². The summed E-state index contributed by atoms with van der Waals surface area (Å²) < 4.78 is 5.69. The van der Waals surface area contributed by atoms with Gasteiger partial charge in [-0.1, -0.05) is 46.8 Å². The van der Waals surface area contributed by atoms with E-state index < -0.39 is 74.9 Å². The van der Waals surface area contributed by atoms with Gasteiger partial charge in [-0.2, -0.15) is 0 Å². The summed E-state index contributed by atoms with van der Waals surface area (Å²) in [4.78, 5) is 69.6. The first kappa shape index (κ1) is 29.4. The van der Waals surface area contributed by atoms with Crippen LogP contribution >= 0.6 is 0 Å². The van der Waals surface area contributed by atoms with E-state index in [1.807, 2.05) is 26.0 Å². The minimum Gasteiger partial charge on any atom is -0.507 e. The van der Waals surface area contributed by atoms with Gasteiger partial charge in [0.25, 0.3) is 0 Å². The average Bonchev–Trinajstić information content (AvgIpc) is 2.92. The third kappa shape index (κ3) is 3.33. The minimum absolute atomic E-state index is 0.0174. The Bertz CT molecular complexity index is 1670. The fourth-order valence-electron chi connectivity index (χ4n) is 9.79. The van der Waals surface area contributed by atoms with Crippen molar-refractivity contribution in [2.24, 2.45) is 34.5 Å². The van der Waals surface area contributed by atoms with Gasteiger partial charge in [0, 0.05) is 11.3 Å². The summed E-state index contributed by atoms with van der Waals surface area (Å²) in [5.41, 5.74) is -0.969. The molecule has 4 aliphatic carbocycles. The molecule has 0 spiro atoms. The molecule has 4 aliphatic rings. The first-order valence-electron chi connectivity index (χ1n) is 15.1. The summed E-state index contributed by atoms with van der Waals surface area (Å²) in [7, 11) is 1.61. The van der Waals surface area contributed by atoms with Crippen molar-refractivity contribution >= 4 is 28.9 Å². The fourth-order valence-corrected chi connectivity index (χ4v) is 9.79. The Morgan fingerprint density at radius 1 is 1.05 bits per heavy atom. The molecule has 2 saturated carbocycles. The summed E-state index contributed by atoms with van der Waals surface area (Å²) in [5.74, 6) is -8.67. The molecule has 0 saturated heterocycles. The van der Waals surface area contributed by atoms with Gasteiger partial charge < -0.3 is 14.9 Å². The minimum atomic E-state index is -2.72. The molecule has 226 valence electrons. The maximum atomic E-state index is 14.7. The van der Waals surface area contributed by atoms with Crippen LogP contribution < -0.4 is 4.74 Å². The normalized spacial score (nSPS) is 34.3. The zero-order valence-corrected chi connectivity index (χ0v) is 25.7. The van der Waals surface area contributed by atoms with Crippen molar-refractivity contribution in [2.45, 2.75) is 72.3 Å². The first-order valence-corrected chi connectivity index (χ1v) is 15.1. The fraction of sp³-hybridized carbons (Fsp3) is 0.514. The second kappa shape index (κ2) is 9.18. The average molecular weight is 587 g/mol. The monoisotopic (exact) mass is 586 g/mol. The van der Waals surface area contributed by atoms with Gasteiger partial charge in [0.2, 0.25) is 0 Å². The summed E-state index contributed by atoms with van der Waals surface area (Å²) in [6.45, 7) is 10.2. The molecule has 0 aliphatic heterocycles. The topological polar surface area (TPSA) is 135 Å². The van der Waals surface area contributed by atoms with Crippen molar-refractivity contribution in [3.8, 4) is 22.6 Å². The number of phenolic OH excluding ortho intramolecular Hbond substituents is 1. The summed E-state index contributed by atoms with van der Waals surface area (Å²) in [5, 5.41) is 23.4. The number of carbonyl (C=O) groups is 5. The van der Waals surface area contributed by atoms with E-state index >= 15 is 0 Å². The lowest BCUT2D eigenvalue weighted by molar-refractivity contribution is -0.207. The molecular formula is C35H38O8. The maximum absolute atomic E-state index is 14.7. The number of fused-ring (bicyclic) bond motifs is 5. The van der Waals surface area contributed by atoms with Crippen LogP contribution in [0.1, 0.15) is 80.9 Å². The number of ether oxygens (including phenoxy) is 1. The number of hydrogen-bond acceptors (Lipinski definition) is 8. The number of benzene rings is 2. The van der Waals surface area contributed by atoms with Gasteiger partial charge in [-0.15, -0.1) is 0 Å². The van der Waals surface area contributed by atoms with Gasteiger partial charge in [0.1, 0.15) is 23.2 Å². The molecule has 0 amide bonds. The molecule has 2 aromatic carbocycles. The van der Waals surface area contributed by atoms with Crippen LogP contribution in [0.25, 0.3) is 11.1 Å². The van der Waals surface area contributed by atoms with Crippen molar-refractivity contribution in [2.75, 3.05) is 7.11 Å². The molecule has 8 heteroatoms. The van der Waals surface area contributed by atoms with E-state index in [-0.39, 0.29) is 17.7 Å². The van der Waals surface area contributed by atoms with Gasteiger partial charge >= 0.3 is 0 Å². The van der Waals surface area contributed by atoms with Crippen molar-refractivity contribution in [3.63, 3.8) is 0 Å². The van der Waals surface area contributed by atoms with Crippen molar-refractivity contribution in [1.82, 2.24) is 0 Å². The SMILES string of the molecule is CCc1c(OC)ccc2c1CC1c3c-2ccc(O)c3C(=O)C2C(=O)[C@@]3(O)C(=O)C(C(C)=O)C(=O)C(C(C)C)[C@@]3(C)C[C@]21C. The van der Waals surface area contributed by atoms with Gasteiger partial charge in [-0.25, -0.2) is 0 Å². The lowest BCUT2D eigenvalue weighted by Crippen LogP contribution is -2.77. The van der Waals surface area contributed by atoms with E-state index in [4.69, 9.17) is 4.74 Å². The van der Waals surface area contributed by atoms with Crippen LogP contribution in [-0.2, 0) is 32.0 Å². The molecular weight excluding hydrogens is 548 g/mol. The first-order chi connectivity index (χ1) is 20.1. The van der Waals surface area contributed by atoms with Crippen LogP contribution in [0.4, 0.5) is 0 Å². The maximum Gasteiger partial charge on any atom is 0.190 e. The lowest BCUT2D eigenvalue weighted by atomic mass is 9.37. The number of phenols is 1. The second-order valence-electron chi connectivity index (χ2n) is 13.8. The van der Waals surface area contributed by atoms with Crippen LogP contribution in [-0.4, -0.2) is 51.8 Å². The largest absolute Gasteiger partial charge is 0.507 e. The van der Waals surface area contributed by atoms with Crippen molar-refractivity contribution < 1.29 is 38.9 Å². The van der Waals surface area contributed by atoms with E-state index in [9.17, 15) is 34.2 Å². The molecule has 0 bridgehead atoms. The zero-order chi connectivity index (χ0) is 31.5. The second-order valence-corrected chi connectivity index (χ2v) is 13.8. The van der Waals surface area contributed by atoms with Crippen LogP contribution in [0.2, 0.25) is 0 Å². The molecule has 0 radical (unpaired) electrons. The van der Waals surface area contributed by atoms with Gasteiger partial charge in [0.15, 0.2) is 28.7 Å². The molecule has 2 fully saturated rings. The Labute approximate surface area is 250 Å². The highest BCUT2D eigenvalue weighted by Gasteiger charge is 2.77. The third-order valence-electron chi connectivity index (χ3n) is 11.4. The van der Waals surface area contributed by atoms with E-state index in [1.165, 1.54) is 6.07 Å².